The van der Waals surface area contributed by atoms with E-state index in [0.29, 0.717) is 12.6 Å². The number of hydrogen-bond acceptors (Lipinski definition) is 5. The molecule has 6 heteroatoms. The first-order chi connectivity index (χ1) is 13.1. The molecular formula is C21H24N2O3S. The van der Waals surface area contributed by atoms with Crippen molar-refractivity contribution in [2.75, 3.05) is 6.54 Å². The first kappa shape index (κ1) is 18.2. The lowest BCUT2D eigenvalue weighted by molar-refractivity contribution is -0.149. The quantitative estimate of drug-likeness (QED) is 0.733. The second kappa shape index (κ2) is 7.80. The van der Waals surface area contributed by atoms with E-state index < -0.39 is 0 Å². The summed E-state index contributed by atoms with van der Waals surface area (Å²) >= 11 is 1.55. The summed E-state index contributed by atoms with van der Waals surface area (Å²) in [6, 6.07) is 8.54. The molecule has 1 amide bonds. The number of thiazole rings is 1. The topological polar surface area (TPSA) is 59.5 Å². The molecule has 1 aliphatic carbocycles. The molecule has 1 aromatic carbocycles. The van der Waals surface area contributed by atoms with Gasteiger partial charge in [-0.2, -0.15) is 0 Å². The van der Waals surface area contributed by atoms with Gasteiger partial charge in [-0.1, -0.05) is 42.7 Å². The smallest absolute Gasteiger partial charge is 0.311 e. The van der Waals surface area contributed by atoms with Crippen LogP contribution >= 0.6 is 11.3 Å². The Bertz CT molecular complexity index is 824. The summed E-state index contributed by atoms with van der Waals surface area (Å²) in [5.41, 5.74) is 3.03. The monoisotopic (exact) mass is 384 g/mol. The van der Waals surface area contributed by atoms with Gasteiger partial charge >= 0.3 is 5.97 Å². The number of esters is 1. The van der Waals surface area contributed by atoms with Crippen molar-refractivity contribution in [2.45, 2.75) is 51.7 Å². The molecule has 142 valence electrons. The molecule has 5 nitrogen and oxygen atoms in total. The van der Waals surface area contributed by atoms with Crippen LogP contribution in [0.1, 0.15) is 43.4 Å². The average molecular weight is 385 g/mol. The van der Waals surface area contributed by atoms with Crippen LogP contribution in [-0.2, 0) is 20.9 Å². The van der Waals surface area contributed by atoms with Gasteiger partial charge in [0.25, 0.3) is 0 Å². The Morgan fingerprint density at radius 3 is 2.74 bits per heavy atom. The molecule has 1 saturated heterocycles. The summed E-state index contributed by atoms with van der Waals surface area (Å²) in [4.78, 5) is 31.1. The van der Waals surface area contributed by atoms with Gasteiger partial charge < -0.3 is 9.64 Å². The highest BCUT2D eigenvalue weighted by Crippen LogP contribution is 2.30. The van der Waals surface area contributed by atoms with Gasteiger partial charge in [0.05, 0.1) is 11.6 Å². The van der Waals surface area contributed by atoms with Crippen molar-refractivity contribution in [3.05, 3.63) is 40.9 Å². The molecule has 0 bridgehead atoms. The standard InChI is InChI=1S/C21H24N2O3S/c1-14-6-8-15(9-7-14)20-22-17(13-27-20)12-26-21(25)16-10-19(24)23(11-16)18-4-2-3-5-18/h6-9,13,16,18H,2-5,10-12H2,1H3/t16-/m0/s1. The molecule has 1 saturated carbocycles. The van der Waals surface area contributed by atoms with Gasteiger partial charge in [0.2, 0.25) is 5.91 Å². The number of nitrogens with zero attached hydrogens (tertiary/aromatic N) is 2. The number of hydrogen-bond donors (Lipinski definition) is 0. The minimum Gasteiger partial charge on any atom is -0.459 e. The van der Waals surface area contributed by atoms with E-state index in [1.807, 2.05) is 22.4 Å². The lowest BCUT2D eigenvalue weighted by Crippen LogP contribution is -2.35. The fourth-order valence-corrected chi connectivity index (χ4v) is 4.73. The third-order valence-corrected chi connectivity index (χ3v) is 6.41. The molecule has 0 unspecified atom stereocenters. The van der Waals surface area contributed by atoms with E-state index in [9.17, 15) is 9.59 Å². The van der Waals surface area contributed by atoms with Gasteiger partial charge in [-0.05, 0) is 19.8 Å². The number of aromatic nitrogens is 1. The zero-order valence-electron chi connectivity index (χ0n) is 15.5. The van der Waals surface area contributed by atoms with E-state index in [2.05, 4.69) is 24.0 Å². The fourth-order valence-electron chi connectivity index (χ4n) is 3.92. The normalized spacial score (nSPS) is 20.4. The molecule has 2 heterocycles. The van der Waals surface area contributed by atoms with E-state index >= 15 is 0 Å². The molecule has 1 aromatic heterocycles. The van der Waals surface area contributed by atoms with Crippen molar-refractivity contribution in [1.82, 2.24) is 9.88 Å². The average Bonchev–Trinajstić information content (AvgIpc) is 3.41. The number of rotatable bonds is 5. The molecule has 2 aliphatic rings. The van der Waals surface area contributed by atoms with Crippen LogP contribution in [0.2, 0.25) is 0 Å². The zero-order chi connectivity index (χ0) is 18.8. The molecule has 1 aliphatic heterocycles. The fraction of sp³-hybridized carbons (Fsp3) is 0.476. The van der Waals surface area contributed by atoms with Crippen LogP contribution in [0.3, 0.4) is 0 Å². The Hall–Kier alpha value is -2.21. The van der Waals surface area contributed by atoms with Gasteiger partial charge in [-0.3, -0.25) is 9.59 Å². The van der Waals surface area contributed by atoms with Gasteiger partial charge in [0.1, 0.15) is 11.6 Å². The Kier molecular flexibility index (Phi) is 5.25. The van der Waals surface area contributed by atoms with Crippen LogP contribution in [0.5, 0.6) is 0 Å². The van der Waals surface area contributed by atoms with E-state index in [1.54, 1.807) is 11.3 Å². The number of benzene rings is 1. The van der Waals surface area contributed by atoms with Crippen LogP contribution in [0.25, 0.3) is 10.6 Å². The van der Waals surface area contributed by atoms with E-state index in [0.717, 1.165) is 29.1 Å². The number of likely N-dealkylation sites (tertiary alicyclic amines) is 1. The highest BCUT2D eigenvalue weighted by Gasteiger charge is 2.39. The summed E-state index contributed by atoms with van der Waals surface area (Å²) in [6.07, 6.45) is 4.76. The Morgan fingerprint density at radius 2 is 2.00 bits per heavy atom. The lowest BCUT2D eigenvalue weighted by Gasteiger charge is -2.23. The van der Waals surface area contributed by atoms with Gasteiger partial charge in [0, 0.05) is 30.0 Å². The minimum atomic E-state index is -0.340. The van der Waals surface area contributed by atoms with Crippen molar-refractivity contribution in [2.24, 2.45) is 5.92 Å². The van der Waals surface area contributed by atoms with Gasteiger partial charge in [-0.25, -0.2) is 4.98 Å². The Morgan fingerprint density at radius 1 is 1.26 bits per heavy atom. The predicted molar refractivity (Wildman–Crippen MR) is 104 cm³/mol. The second-order valence-corrected chi connectivity index (χ2v) is 8.36. The summed E-state index contributed by atoms with van der Waals surface area (Å²) in [5, 5.41) is 2.84. The lowest BCUT2D eigenvalue weighted by atomic mass is 10.1. The molecule has 0 radical (unpaired) electrons. The highest BCUT2D eigenvalue weighted by atomic mass is 32.1. The number of ether oxygens (including phenoxy) is 1. The molecule has 0 spiro atoms. The number of amides is 1. The maximum absolute atomic E-state index is 12.4. The second-order valence-electron chi connectivity index (χ2n) is 7.50. The van der Waals surface area contributed by atoms with Crippen LogP contribution in [0, 0.1) is 12.8 Å². The van der Waals surface area contributed by atoms with Crippen molar-refractivity contribution in [1.29, 1.82) is 0 Å². The van der Waals surface area contributed by atoms with Gasteiger partial charge in [-0.15, -0.1) is 11.3 Å². The Labute approximate surface area is 163 Å². The summed E-state index contributed by atoms with van der Waals surface area (Å²) < 4.78 is 5.47. The van der Waals surface area contributed by atoms with Crippen molar-refractivity contribution < 1.29 is 14.3 Å². The van der Waals surface area contributed by atoms with E-state index in [-0.39, 0.29) is 30.8 Å². The first-order valence-corrected chi connectivity index (χ1v) is 10.5. The SMILES string of the molecule is Cc1ccc(-c2nc(COC(=O)[C@H]3CC(=O)N(C4CCCC4)C3)cs2)cc1. The van der Waals surface area contributed by atoms with Crippen LogP contribution in [-0.4, -0.2) is 34.3 Å². The highest BCUT2D eigenvalue weighted by molar-refractivity contribution is 7.13. The molecular weight excluding hydrogens is 360 g/mol. The minimum absolute atomic E-state index is 0.0964. The maximum atomic E-state index is 12.4. The number of aryl methyl sites for hydroxylation is 1. The maximum Gasteiger partial charge on any atom is 0.311 e. The molecule has 0 N–H and O–H groups in total. The zero-order valence-corrected chi connectivity index (χ0v) is 16.3. The first-order valence-electron chi connectivity index (χ1n) is 9.57. The third-order valence-electron chi connectivity index (χ3n) is 5.47. The van der Waals surface area contributed by atoms with Crippen molar-refractivity contribution in [3.63, 3.8) is 0 Å². The van der Waals surface area contributed by atoms with Gasteiger partial charge in [0.15, 0.2) is 0 Å². The largest absolute Gasteiger partial charge is 0.459 e. The summed E-state index contributed by atoms with van der Waals surface area (Å²) in [5.74, 6) is -0.527. The third kappa shape index (κ3) is 4.05. The van der Waals surface area contributed by atoms with Crippen LogP contribution < -0.4 is 0 Å². The van der Waals surface area contributed by atoms with Crippen LogP contribution in [0.4, 0.5) is 0 Å². The van der Waals surface area contributed by atoms with Crippen molar-refractivity contribution in [3.8, 4) is 10.6 Å². The van der Waals surface area contributed by atoms with Crippen molar-refractivity contribution >= 4 is 23.2 Å². The number of carbonyl (C=O) groups is 2. The molecule has 27 heavy (non-hydrogen) atoms. The van der Waals surface area contributed by atoms with Crippen LogP contribution in [0.15, 0.2) is 29.6 Å². The molecule has 2 fully saturated rings. The molecule has 2 aromatic rings. The Balaban J connectivity index is 1.32. The predicted octanol–water partition coefficient (Wildman–Crippen LogP) is 3.95. The van der Waals surface area contributed by atoms with E-state index in [1.165, 1.54) is 18.4 Å². The summed E-state index contributed by atoms with van der Waals surface area (Å²) in [6.45, 7) is 2.72. The summed E-state index contributed by atoms with van der Waals surface area (Å²) in [7, 11) is 0. The number of carbonyl (C=O) groups excluding carboxylic acids is 2. The van der Waals surface area contributed by atoms with E-state index in [4.69, 9.17) is 4.74 Å². The molecule has 1 atom stereocenters. The molecule has 4 rings (SSSR count).